The number of rotatable bonds is 0. The van der Waals surface area contributed by atoms with Gasteiger partial charge in [-0.1, -0.05) is 25.5 Å². The van der Waals surface area contributed by atoms with Crippen molar-refractivity contribution in [3.05, 3.63) is 22.0 Å². The molecule has 0 bridgehead atoms. The topological polar surface area (TPSA) is 0 Å². The van der Waals surface area contributed by atoms with Gasteiger partial charge in [0.25, 0.3) is 0 Å². The maximum absolute atomic E-state index is 2.33. The highest BCUT2D eigenvalue weighted by molar-refractivity contribution is 8.05. The molecular weight excluding hydrogens is 140 g/mol. The lowest BCUT2D eigenvalue weighted by molar-refractivity contribution is 0.578. The van der Waals surface area contributed by atoms with Crippen LogP contribution < -0.4 is 0 Å². The van der Waals surface area contributed by atoms with Crippen LogP contribution in [0.4, 0.5) is 0 Å². The van der Waals surface area contributed by atoms with Crippen LogP contribution in [0.3, 0.4) is 0 Å². The van der Waals surface area contributed by atoms with Crippen LogP contribution in [0.25, 0.3) is 0 Å². The minimum absolute atomic E-state index is 0.287. The second-order valence-electron chi connectivity index (χ2n) is 3.40. The predicted molar refractivity (Wildman–Crippen MR) is 48.9 cm³/mol. The van der Waals surface area contributed by atoms with Gasteiger partial charge in [-0.25, -0.2) is 0 Å². The van der Waals surface area contributed by atoms with E-state index in [0.717, 1.165) is 0 Å². The molecule has 0 aromatic heterocycles. The number of thioether (sulfide) groups is 1. The summed E-state index contributed by atoms with van der Waals surface area (Å²) in [6, 6.07) is 0. The molecule has 0 nitrogen and oxygen atoms in total. The van der Waals surface area contributed by atoms with E-state index in [-0.39, 0.29) is 5.41 Å². The van der Waals surface area contributed by atoms with E-state index < -0.39 is 0 Å². The molecule has 0 aromatic carbocycles. The molecule has 0 saturated carbocycles. The van der Waals surface area contributed by atoms with Crippen molar-refractivity contribution in [1.29, 1.82) is 0 Å². The van der Waals surface area contributed by atoms with Crippen LogP contribution in [0.1, 0.15) is 27.7 Å². The van der Waals surface area contributed by atoms with E-state index in [4.69, 9.17) is 0 Å². The van der Waals surface area contributed by atoms with Gasteiger partial charge in [-0.15, -0.1) is 11.8 Å². The van der Waals surface area contributed by atoms with Gasteiger partial charge in [0.05, 0.1) is 0 Å². The average Bonchev–Trinajstić information content (AvgIpc) is 1.78. The number of allylic oxidation sites excluding steroid dienone is 3. The smallest absolute Gasteiger partial charge is 0.00506 e. The highest BCUT2D eigenvalue weighted by Crippen LogP contribution is 2.38. The van der Waals surface area contributed by atoms with Gasteiger partial charge in [-0.3, -0.25) is 0 Å². The summed E-state index contributed by atoms with van der Waals surface area (Å²) in [6.45, 7) is 8.86. The third-order valence-electron chi connectivity index (χ3n) is 2.00. The molecule has 0 aliphatic carbocycles. The van der Waals surface area contributed by atoms with E-state index >= 15 is 0 Å². The first kappa shape index (κ1) is 7.93. The van der Waals surface area contributed by atoms with E-state index in [2.05, 4.69) is 39.2 Å². The molecule has 0 radical (unpaired) electrons. The van der Waals surface area contributed by atoms with Crippen LogP contribution in [0.5, 0.6) is 0 Å². The average molecular weight is 154 g/mol. The molecule has 0 saturated heterocycles. The monoisotopic (exact) mass is 154 g/mol. The summed E-state index contributed by atoms with van der Waals surface area (Å²) in [5, 5.41) is 2.25. The summed E-state index contributed by atoms with van der Waals surface area (Å²) in [7, 11) is 0. The number of hydrogen-bond acceptors (Lipinski definition) is 1. The molecule has 1 heterocycles. The lowest BCUT2D eigenvalue weighted by Crippen LogP contribution is -2.11. The highest BCUT2D eigenvalue weighted by Gasteiger charge is 2.19. The van der Waals surface area contributed by atoms with Crippen molar-refractivity contribution in [2.24, 2.45) is 5.41 Å². The van der Waals surface area contributed by atoms with Gasteiger partial charge < -0.3 is 0 Å². The summed E-state index contributed by atoms with van der Waals surface area (Å²) in [5.41, 5.74) is 1.75. The van der Waals surface area contributed by atoms with Crippen LogP contribution in [-0.4, -0.2) is 0 Å². The van der Waals surface area contributed by atoms with Gasteiger partial charge in [0, 0.05) is 5.41 Å². The Hall–Kier alpha value is -0.170. The Bertz CT molecular complexity index is 197. The maximum atomic E-state index is 2.33. The fourth-order valence-electron chi connectivity index (χ4n) is 0.989. The van der Waals surface area contributed by atoms with E-state index in [9.17, 15) is 0 Å². The van der Waals surface area contributed by atoms with Gasteiger partial charge in [0.2, 0.25) is 0 Å². The quantitative estimate of drug-likeness (QED) is 0.514. The zero-order valence-corrected chi connectivity index (χ0v) is 7.88. The van der Waals surface area contributed by atoms with E-state index in [0.29, 0.717) is 0 Å². The van der Waals surface area contributed by atoms with Crippen LogP contribution in [-0.2, 0) is 0 Å². The Morgan fingerprint density at radius 2 is 1.90 bits per heavy atom. The Kier molecular flexibility index (Phi) is 1.95. The van der Waals surface area contributed by atoms with Crippen LogP contribution in [0.2, 0.25) is 0 Å². The molecular formula is C9H14S. The minimum atomic E-state index is 0.287. The molecule has 10 heavy (non-hydrogen) atoms. The van der Waals surface area contributed by atoms with Gasteiger partial charge in [-0.05, 0) is 24.2 Å². The van der Waals surface area contributed by atoms with Crippen molar-refractivity contribution in [3.63, 3.8) is 0 Å². The molecule has 1 rings (SSSR count). The Morgan fingerprint density at radius 1 is 1.30 bits per heavy atom. The second-order valence-corrected chi connectivity index (χ2v) is 4.51. The molecule has 0 amide bonds. The first-order valence-corrected chi connectivity index (χ1v) is 4.44. The standard InChI is InChI=1S/C9H14S/c1-7-6-10-8(2)5-9(7,3)4/h5-6H,1-4H3. The number of hydrogen-bond donors (Lipinski definition) is 0. The molecule has 0 spiro atoms. The van der Waals surface area contributed by atoms with E-state index in [1.54, 1.807) is 0 Å². The predicted octanol–water partition coefficient (Wildman–Crippen LogP) is 3.57. The minimum Gasteiger partial charge on any atom is -0.103 e. The first-order chi connectivity index (χ1) is 4.52. The van der Waals surface area contributed by atoms with Crippen LogP contribution in [0, 0.1) is 5.41 Å². The molecule has 0 unspecified atom stereocenters. The molecule has 56 valence electrons. The van der Waals surface area contributed by atoms with Gasteiger partial charge in [0.1, 0.15) is 0 Å². The summed E-state index contributed by atoms with van der Waals surface area (Å²) in [4.78, 5) is 1.41. The zero-order chi connectivity index (χ0) is 7.78. The summed E-state index contributed by atoms with van der Waals surface area (Å²) < 4.78 is 0. The molecule has 0 aromatic rings. The van der Waals surface area contributed by atoms with Gasteiger partial charge in [0.15, 0.2) is 0 Å². The molecule has 1 aliphatic heterocycles. The summed E-state index contributed by atoms with van der Waals surface area (Å²) >= 11 is 1.83. The molecule has 0 fully saturated rings. The molecule has 1 aliphatic rings. The van der Waals surface area contributed by atoms with Crippen LogP contribution >= 0.6 is 11.8 Å². The Balaban J connectivity index is 2.90. The lowest BCUT2D eigenvalue weighted by Gasteiger charge is -2.25. The Labute approximate surface area is 67.4 Å². The van der Waals surface area contributed by atoms with E-state index in [1.165, 1.54) is 10.5 Å². The first-order valence-electron chi connectivity index (χ1n) is 3.56. The van der Waals surface area contributed by atoms with Gasteiger partial charge >= 0.3 is 0 Å². The Morgan fingerprint density at radius 3 is 2.30 bits per heavy atom. The maximum Gasteiger partial charge on any atom is 0.00506 e. The third kappa shape index (κ3) is 1.46. The lowest BCUT2D eigenvalue weighted by atomic mass is 9.85. The molecule has 0 atom stereocenters. The zero-order valence-electron chi connectivity index (χ0n) is 7.06. The summed E-state index contributed by atoms with van der Waals surface area (Å²) in [5.74, 6) is 0. The SMILES string of the molecule is CC1=CC(C)(C)C(C)=CS1. The van der Waals surface area contributed by atoms with Gasteiger partial charge in [-0.2, -0.15) is 0 Å². The molecule has 1 heteroatoms. The normalized spacial score (nSPS) is 23.6. The molecule has 0 N–H and O–H groups in total. The van der Waals surface area contributed by atoms with Crippen molar-refractivity contribution in [2.75, 3.05) is 0 Å². The van der Waals surface area contributed by atoms with Crippen molar-refractivity contribution in [2.45, 2.75) is 27.7 Å². The van der Waals surface area contributed by atoms with Crippen molar-refractivity contribution >= 4 is 11.8 Å². The van der Waals surface area contributed by atoms with Crippen LogP contribution in [0.15, 0.2) is 22.0 Å². The van der Waals surface area contributed by atoms with Crippen molar-refractivity contribution < 1.29 is 0 Å². The third-order valence-corrected chi connectivity index (χ3v) is 2.96. The van der Waals surface area contributed by atoms with Crippen molar-refractivity contribution in [3.8, 4) is 0 Å². The summed E-state index contributed by atoms with van der Waals surface area (Å²) in [6.07, 6.45) is 2.33. The van der Waals surface area contributed by atoms with Crippen molar-refractivity contribution in [1.82, 2.24) is 0 Å². The van der Waals surface area contributed by atoms with E-state index in [1.807, 2.05) is 11.8 Å². The fourth-order valence-corrected chi connectivity index (χ4v) is 2.02. The fraction of sp³-hybridized carbons (Fsp3) is 0.556. The highest BCUT2D eigenvalue weighted by atomic mass is 32.2. The largest absolute Gasteiger partial charge is 0.103 e. The second kappa shape index (κ2) is 2.46.